The number of benzene rings is 1. The van der Waals surface area contributed by atoms with Gasteiger partial charge in [0.15, 0.2) is 0 Å². The van der Waals surface area contributed by atoms with Crippen LogP contribution in [-0.2, 0) is 14.8 Å². The number of aliphatic carboxylic acids is 1. The van der Waals surface area contributed by atoms with Crippen molar-refractivity contribution in [1.29, 1.82) is 0 Å². The van der Waals surface area contributed by atoms with Crippen molar-refractivity contribution in [3.05, 3.63) is 29.8 Å². The summed E-state index contributed by atoms with van der Waals surface area (Å²) in [6, 6.07) is 5.18. The maximum Gasteiger partial charge on any atom is 0.328 e. The molecule has 0 bridgehead atoms. The minimum Gasteiger partial charge on any atom is -0.480 e. The first-order valence-electron chi connectivity index (χ1n) is 5.69. The zero-order valence-electron chi connectivity index (χ0n) is 11.3. The largest absolute Gasteiger partial charge is 0.480 e. The van der Waals surface area contributed by atoms with E-state index in [0.29, 0.717) is 0 Å². The van der Waals surface area contributed by atoms with E-state index in [4.69, 9.17) is 5.11 Å². The van der Waals surface area contributed by atoms with Crippen LogP contribution in [0.25, 0.3) is 0 Å². The van der Waals surface area contributed by atoms with E-state index in [1.165, 1.54) is 45.2 Å². The Morgan fingerprint density at radius 1 is 1.15 bits per heavy atom. The zero-order chi connectivity index (χ0) is 15.6. The van der Waals surface area contributed by atoms with Gasteiger partial charge >= 0.3 is 5.97 Å². The highest BCUT2D eigenvalue weighted by Crippen LogP contribution is 2.11. The molecule has 1 amide bonds. The normalized spacial score (nSPS) is 11.9. The molecule has 0 spiro atoms. The summed E-state index contributed by atoms with van der Waals surface area (Å²) in [5.41, 5.74) is -1.23. The maximum absolute atomic E-state index is 11.9. The van der Waals surface area contributed by atoms with E-state index in [2.05, 4.69) is 10.0 Å². The van der Waals surface area contributed by atoms with Crippen LogP contribution < -0.4 is 10.0 Å². The van der Waals surface area contributed by atoms with Crippen molar-refractivity contribution in [2.45, 2.75) is 24.3 Å². The second-order valence-electron chi connectivity index (χ2n) is 4.62. The van der Waals surface area contributed by atoms with E-state index in [0.717, 1.165) is 0 Å². The highest BCUT2D eigenvalue weighted by Gasteiger charge is 2.29. The molecular formula is C12H16N2O5S. The van der Waals surface area contributed by atoms with Crippen LogP contribution in [0, 0.1) is 0 Å². The maximum atomic E-state index is 11.9. The first kappa shape index (κ1) is 16.1. The van der Waals surface area contributed by atoms with E-state index in [1.54, 1.807) is 0 Å². The lowest BCUT2D eigenvalue weighted by molar-refractivity contribution is -0.143. The van der Waals surface area contributed by atoms with Crippen LogP contribution in [0.15, 0.2) is 29.2 Å². The molecule has 7 nitrogen and oxygen atoms in total. The smallest absolute Gasteiger partial charge is 0.328 e. The van der Waals surface area contributed by atoms with Gasteiger partial charge in [0.25, 0.3) is 5.91 Å². The summed E-state index contributed by atoms with van der Waals surface area (Å²) in [5.74, 6) is -1.76. The van der Waals surface area contributed by atoms with Gasteiger partial charge in [-0.1, -0.05) is 0 Å². The first-order valence-corrected chi connectivity index (χ1v) is 7.18. The molecule has 0 atom stereocenters. The Labute approximate surface area is 117 Å². The molecule has 0 aliphatic carbocycles. The van der Waals surface area contributed by atoms with E-state index in [-0.39, 0.29) is 10.5 Å². The molecule has 0 aliphatic heterocycles. The molecule has 20 heavy (non-hydrogen) atoms. The van der Waals surface area contributed by atoms with Gasteiger partial charge in [0.2, 0.25) is 10.0 Å². The van der Waals surface area contributed by atoms with Gasteiger partial charge in [0, 0.05) is 5.56 Å². The fraction of sp³-hybridized carbons (Fsp3) is 0.333. The number of carbonyl (C=O) groups excluding carboxylic acids is 1. The topological polar surface area (TPSA) is 113 Å². The van der Waals surface area contributed by atoms with Crippen molar-refractivity contribution in [3.63, 3.8) is 0 Å². The van der Waals surface area contributed by atoms with Gasteiger partial charge in [-0.05, 0) is 45.2 Å². The predicted octanol–water partition coefficient (Wildman–Crippen LogP) is 0.188. The van der Waals surface area contributed by atoms with Gasteiger partial charge in [-0.3, -0.25) is 4.79 Å². The Morgan fingerprint density at radius 2 is 1.65 bits per heavy atom. The third kappa shape index (κ3) is 3.55. The molecule has 0 saturated carbocycles. The molecule has 0 aliphatic rings. The molecule has 110 valence electrons. The molecule has 3 N–H and O–H groups in total. The highest BCUT2D eigenvalue weighted by molar-refractivity contribution is 7.89. The third-order valence-corrected chi connectivity index (χ3v) is 4.09. The molecule has 0 saturated heterocycles. The van der Waals surface area contributed by atoms with Crippen molar-refractivity contribution in [2.75, 3.05) is 7.05 Å². The van der Waals surface area contributed by atoms with Crippen molar-refractivity contribution in [2.24, 2.45) is 0 Å². The number of carboxylic acids is 1. The quantitative estimate of drug-likeness (QED) is 0.718. The van der Waals surface area contributed by atoms with E-state index >= 15 is 0 Å². The van der Waals surface area contributed by atoms with Gasteiger partial charge in [0.05, 0.1) is 4.90 Å². The number of amides is 1. The molecule has 8 heteroatoms. The van der Waals surface area contributed by atoms with Crippen molar-refractivity contribution < 1.29 is 23.1 Å². The van der Waals surface area contributed by atoms with Crippen LogP contribution in [0.4, 0.5) is 0 Å². The van der Waals surface area contributed by atoms with Crippen molar-refractivity contribution in [1.82, 2.24) is 10.0 Å². The second-order valence-corrected chi connectivity index (χ2v) is 6.50. The molecule has 1 rings (SSSR count). The molecule has 0 aromatic heterocycles. The lowest BCUT2D eigenvalue weighted by atomic mass is 10.1. The summed E-state index contributed by atoms with van der Waals surface area (Å²) < 4.78 is 25.2. The molecule has 0 unspecified atom stereocenters. The van der Waals surface area contributed by atoms with Gasteiger partial charge in [-0.15, -0.1) is 0 Å². The number of sulfonamides is 1. The molecule has 0 fully saturated rings. The van der Waals surface area contributed by atoms with Crippen molar-refractivity contribution >= 4 is 21.9 Å². The standard InChI is InChI=1S/C12H16N2O5S/c1-12(2,11(16)17)14-10(15)8-4-6-9(7-5-8)20(18,19)13-3/h4-7,13H,1-3H3,(H,14,15)(H,16,17). The van der Waals surface area contributed by atoms with E-state index in [9.17, 15) is 18.0 Å². The highest BCUT2D eigenvalue weighted by atomic mass is 32.2. The third-order valence-electron chi connectivity index (χ3n) is 2.66. The summed E-state index contributed by atoms with van der Waals surface area (Å²) in [6.07, 6.45) is 0. The number of nitrogens with one attached hydrogen (secondary N) is 2. The number of hydrogen-bond acceptors (Lipinski definition) is 4. The lowest BCUT2D eigenvalue weighted by Crippen LogP contribution is -2.49. The Kier molecular flexibility index (Phi) is 4.51. The fourth-order valence-electron chi connectivity index (χ4n) is 1.31. The molecular weight excluding hydrogens is 284 g/mol. The van der Waals surface area contributed by atoms with Gasteiger partial charge in [-0.2, -0.15) is 0 Å². The first-order chi connectivity index (χ1) is 9.10. The Morgan fingerprint density at radius 3 is 2.05 bits per heavy atom. The lowest BCUT2D eigenvalue weighted by Gasteiger charge is -2.20. The Bertz CT molecular complexity index is 620. The summed E-state index contributed by atoms with van der Waals surface area (Å²) >= 11 is 0. The minimum atomic E-state index is -3.57. The fourth-order valence-corrected chi connectivity index (χ4v) is 2.04. The Balaban J connectivity index is 2.95. The van der Waals surface area contributed by atoms with Crippen LogP contribution in [0.2, 0.25) is 0 Å². The molecule has 1 aromatic carbocycles. The van der Waals surface area contributed by atoms with Crippen LogP contribution in [-0.4, -0.2) is 38.0 Å². The van der Waals surface area contributed by atoms with Crippen LogP contribution >= 0.6 is 0 Å². The molecule has 0 radical (unpaired) electrons. The number of carbonyl (C=O) groups is 2. The SMILES string of the molecule is CNS(=O)(=O)c1ccc(C(=O)NC(C)(C)C(=O)O)cc1. The van der Waals surface area contributed by atoms with Crippen molar-refractivity contribution in [3.8, 4) is 0 Å². The number of rotatable bonds is 5. The van der Waals surface area contributed by atoms with Gasteiger partial charge < -0.3 is 10.4 Å². The average Bonchev–Trinajstić information content (AvgIpc) is 2.38. The summed E-state index contributed by atoms with van der Waals surface area (Å²) in [6.45, 7) is 2.71. The summed E-state index contributed by atoms with van der Waals surface area (Å²) in [5, 5.41) is 11.3. The minimum absolute atomic E-state index is 0.0223. The molecule has 0 heterocycles. The van der Waals surface area contributed by atoms with Crippen LogP contribution in [0.5, 0.6) is 0 Å². The number of carboxylic acid groups (broad SMARTS) is 1. The van der Waals surface area contributed by atoms with E-state index in [1.807, 2.05) is 0 Å². The van der Waals surface area contributed by atoms with Crippen LogP contribution in [0.1, 0.15) is 24.2 Å². The van der Waals surface area contributed by atoms with Gasteiger partial charge in [0.1, 0.15) is 5.54 Å². The van der Waals surface area contributed by atoms with Crippen LogP contribution in [0.3, 0.4) is 0 Å². The zero-order valence-corrected chi connectivity index (χ0v) is 12.1. The Hall–Kier alpha value is -1.93. The summed E-state index contributed by atoms with van der Waals surface area (Å²) in [4.78, 5) is 22.8. The monoisotopic (exact) mass is 300 g/mol. The predicted molar refractivity (Wildman–Crippen MR) is 71.9 cm³/mol. The molecule has 1 aromatic rings. The second kappa shape index (κ2) is 5.59. The average molecular weight is 300 g/mol. The number of hydrogen-bond donors (Lipinski definition) is 3. The van der Waals surface area contributed by atoms with E-state index < -0.39 is 27.4 Å². The summed E-state index contributed by atoms with van der Waals surface area (Å²) in [7, 11) is -2.28. The van der Waals surface area contributed by atoms with Gasteiger partial charge in [-0.25, -0.2) is 17.9 Å².